The van der Waals surface area contributed by atoms with Gasteiger partial charge in [0.1, 0.15) is 18.9 Å². The van der Waals surface area contributed by atoms with Crippen LogP contribution >= 0.6 is 11.6 Å². The van der Waals surface area contributed by atoms with Crippen molar-refractivity contribution in [3.63, 3.8) is 0 Å². The first-order valence-corrected chi connectivity index (χ1v) is 17.0. The number of nitrogens with zero attached hydrogens (tertiary/aromatic N) is 8. The van der Waals surface area contributed by atoms with Crippen LogP contribution < -0.4 is 0 Å². The van der Waals surface area contributed by atoms with Crippen LogP contribution in [0.15, 0.2) is 66.7 Å². The molecule has 0 fully saturated rings. The average molecular weight is 658 g/mol. The van der Waals surface area contributed by atoms with E-state index in [1.54, 1.807) is 4.68 Å². The van der Waals surface area contributed by atoms with Crippen LogP contribution in [0.25, 0.3) is 22.5 Å². The Morgan fingerprint density at radius 3 is 2.32 bits per heavy atom. The van der Waals surface area contributed by atoms with Gasteiger partial charge in [0.05, 0.1) is 11.4 Å². The molecular weight excluding hydrogens is 612 g/mol. The Bertz CT molecular complexity index is 1750. The first kappa shape index (κ1) is 34.4. The van der Waals surface area contributed by atoms with Gasteiger partial charge >= 0.3 is 0 Å². The molecule has 10 nitrogen and oxygen atoms in total. The summed E-state index contributed by atoms with van der Waals surface area (Å²) in [5.41, 5.74) is 6.89. The number of pyridine rings is 1. The van der Waals surface area contributed by atoms with Gasteiger partial charge in [-0.15, -0.1) is 5.10 Å². The molecule has 248 valence electrons. The Morgan fingerprint density at radius 1 is 0.894 bits per heavy atom. The van der Waals surface area contributed by atoms with Gasteiger partial charge in [-0.05, 0) is 73.4 Å². The van der Waals surface area contributed by atoms with Crippen molar-refractivity contribution in [2.75, 3.05) is 19.7 Å². The average Bonchev–Trinajstić information content (AvgIpc) is 3.69. The zero-order valence-electron chi connectivity index (χ0n) is 28.1. The minimum atomic E-state index is -0.286. The van der Waals surface area contributed by atoms with E-state index >= 15 is 0 Å². The number of hydrogen-bond donors (Lipinski definition) is 1. The van der Waals surface area contributed by atoms with E-state index in [2.05, 4.69) is 57.3 Å². The van der Waals surface area contributed by atoms with Gasteiger partial charge in [-0.25, -0.2) is 10.2 Å². The summed E-state index contributed by atoms with van der Waals surface area (Å²) in [5, 5.41) is 23.9. The maximum atomic E-state index is 10.9. The highest BCUT2D eigenvalue weighted by Crippen LogP contribution is 2.32. The van der Waals surface area contributed by atoms with E-state index in [1.807, 2.05) is 64.1 Å². The number of tetrazole rings is 1. The first-order valence-electron chi connectivity index (χ1n) is 16.6. The van der Waals surface area contributed by atoms with Gasteiger partial charge in [0.15, 0.2) is 23.8 Å². The largest absolute Gasteiger partial charge is 0.357 e. The number of hydroxylamine groups is 3. The second-order valence-electron chi connectivity index (χ2n) is 11.9. The first-order chi connectivity index (χ1) is 22.8. The quantitative estimate of drug-likeness (QED) is 0.0864. The van der Waals surface area contributed by atoms with Gasteiger partial charge in [0.2, 0.25) is 0 Å². The van der Waals surface area contributed by atoms with Crippen molar-refractivity contribution >= 4 is 11.6 Å². The summed E-state index contributed by atoms with van der Waals surface area (Å²) < 4.78 is 9.70. The lowest BCUT2D eigenvalue weighted by Gasteiger charge is -2.27. The highest BCUT2D eigenvalue weighted by Gasteiger charge is 2.23. The highest BCUT2D eigenvalue weighted by atomic mass is 35.5. The van der Waals surface area contributed by atoms with Crippen LogP contribution in [-0.4, -0.2) is 64.3 Å². The van der Waals surface area contributed by atoms with Crippen molar-refractivity contribution < 1.29 is 14.6 Å². The second-order valence-corrected chi connectivity index (χ2v) is 12.2. The fourth-order valence-corrected chi connectivity index (χ4v) is 6.12. The van der Waals surface area contributed by atoms with Crippen molar-refractivity contribution in [3.05, 3.63) is 100 Å². The van der Waals surface area contributed by atoms with Gasteiger partial charge in [-0.2, -0.15) is 9.33 Å². The van der Waals surface area contributed by atoms with Gasteiger partial charge in [0.25, 0.3) is 0 Å². The minimum Gasteiger partial charge on any atom is -0.357 e. The molecule has 5 aromatic rings. The molecule has 3 aromatic heterocycles. The monoisotopic (exact) mass is 657 g/mol. The van der Waals surface area contributed by atoms with Crippen LogP contribution in [0.5, 0.6) is 0 Å². The number of aryl methyl sites for hydroxylation is 1. The van der Waals surface area contributed by atoms with Gasteiger partial charge in [-0.1, -0.05) is 79.5 Å². The Labute approximate surface area is 282 Å². The predicted octanol–water partition coefficient (Wildman–Crippen LogP) is 7.53. The smallest absolute Gasteiger partial charge is 0.185 e. The Balaban J connectivity index is 1.43. The molecule has 1 atom stereocenters. The molecule has 0 aliphatic rings. The van der Waals surface area contributed by atoms with E-state index in [-0.39, 0.29) is 10.9 Å². The van der Waals surface area contributed by atoms with Crippen LogP contribution in [-0.2, 0) is 30.7 Å². The molecule has 0 spiro atoms. The fraction of sp³-hybridized carbons (Fsp3) is 0.417. The standard InChI is InChI=1S/C36H46ClN8O2/c1-6-10-18-34-39-35(37)33(23-29-14-13-15-30(38-29)25-45(46,7-2)8-3)43(34)24-27-19-21-28(22-20-27)31-16-11-12-17-32(31)36-40-41-42-44(36)26(5)47-9-4/h11-17,19-22,26,46H,6-10,18,23-25H2,1-5H3/q+1. The maximum Gasteiger partial charge on any atom is 0.185 e. The van der Waals surface area contributed by atoms with Crippen molar-refractivity contribution in [1.29, 1.82) is 0 Å². The van der Waals surface area contributed by atoms with Crippen molar-refractivity contribution in [1.82, 2.24) is 34.7 Å². The second kappa shape index (κ2) is 15.8. The molecule has 1 unspecified atom stereocenters. The van der Waals surface area contributed by atoms with Crippen LogP contribution in [0.3, 0.4) is 0 Å². The van der Waals surface area contributed by atoms with Gasteiger partial charge in [0, 0.05) is 37.3 Å². The van der Waals surface area contributed by atoms with Crippen molar-refractivity contribution in [2.45, 2.75) is 79.6 Å². The number of unbranched alkanes of at least 4 members (excludes halogenated alkanes) is 1. The fourth-order valence-electron chi connectivity index (χ4n) is 5.85. The highest BCUT2D eigenvalue weighted by molar-refractivity contribution is 6.30. The molecule has 0 aliphatic heterocycles. The summed E-state index contributed by atoms with van der Waals surface area (Å²) in [6.07, 6.45) is 3.21. The van der Waals surface area contributed by atoms with Crippen LogP contribution in [0, 0.1) is 0 Å². The molecule has 5 rings (SSSR count). The van der Waals surface area contributed by atoms with Crippen LogP contribution in [0.2, 0.25) is 5.15 Å². The maximum absolute atomic E-state index is 10.9. The Morgan fingerprint density at radius 2 is 1.62 bits per heavy atom. The minimum absolute atomic E-state index is 0.0415. The summed E-state index contributed by atoms with van der Waals surface area (Å²) >= 11 is 6.83. The number of hydrogen-bond acceptors (Lipinski definition) is 7. The molecular formula is C36H46ClN8O2+. The van der Waals surface area contributed by atoms with E-state index in [0.717, 1.165) is 64.4 Å². The number of imidazole rings is 1. The third-order valence-corrected chi connectivity index (χ3v) is 9.02. The molecule has 0 saturated carbocycles. The molecule has 0 saturated heterocycles. The molecule has 0 amide bonds. The zero-order chi connectivity index (χ0) is 33.4. The van der Waals surface area contributed by atoms with E-state index in [1.165, 1.54) is 0 Å². The summed E-state index contributed by atoms with van der Waals surface area (Å²) in [6.45, 7) is 13.0. The van der Waals surface area contributed by atoms with Crippen LogP contribution in [0.4, 0.5) is 0 Å². The summed E-state index contributed by atoms with van der Waals surface area (Å²) in [5.74, 6) is 1.64. The molecule has 2 aromatic carbocycles. The molecule has 11 heteroatoms. The number of rotatable bonds is 16. The van der Waals surface area contributed by atoms with Gasteiger partial charge in [-0.3, -0.25) is 4.98 Å². The Kier molecular flexibility index (Phi) is 11.5. The molecule has 0 radical (unpaired) electrons. The van der Waals surface area contributed by atoms with Gasteiger partial charge < -0.3 is 9.30 Å². The summed E-state index contributed by atoms with van der Waals surface area (Å²) in [6, 6.07) is 22.8. The molecule has 3 heterocycles. The number of benzene rings is 2. The SMILES string of the molecule is CCCCc1nc(Cl)c(Cc2cccc(C[N+](O)(CC)CC)n2)n1Cc1ccc(-c2ccccc2-c2nnnn2C(C)OCC)cc1. The van der Waals surface area contributed by atoms with E-state index in [9.17, 15) is 5.21 Å². The lowest BCUT2D eigenvalue weighted by atomic mass is 9.98. The molecule has 47 heavy (non-hydrogen) atoms. The Hall–Kier alpha value is -3.96. The topological polar surface area (TPSA) is 104 Å². The number of aromatic nitrogens is 7. The van der Waals surface area contributed by atoms with E-state index < -0.39 is 0 Å². The van der Waals surface area contributed by atoms with E-state index in [4.69, 9.17) is 26.3 Å². The van der Waals surface area contributed by atoms with Crippen molar-refractivity contribution in [2.24, 2.45) is 0 Å². The summed E-state index contributed by atoms with van der Waals surface area (Å²) in [4.78, 5) is 9.73. The van der Waals surface area contributed by atoms with Crippen molar-refractivity contribution in [3.8, 4) is 22.5 Å². The molecule has 1 N–H and O–H groups in total. The zero-order valence-corrected chi connectivity index (χ0v) is 28.9. The predicted molar refractivity (Wildman–Crippen MR) is 184 cm³/mol. The molecule has 0 bridgehead atoms. The van der Waals surface area contributed by atoms with E-state index in [0.29, 0.717) is 50.2 Å². The van der Waals surface area contributed by atoms with Crippen LogP contribution in [0.1, 0.15) is 82.2 Å². The lowest BCUT2D eigenvalue weighted by molar-refractivity contribution is -1.11. The molecule has 0 aliphatic carbocycles. The summed E-state index contributed by atoms with van der Waals surface area (Å²) in [7, 11) is 0. The number of ether oxygens (including phenoxy) is 1. The number of halogens is 1. The third kappa shape index (κ3) is 8.13. The third-order valence-electron chi connectivity index (χ3n) is 8.72. The number of quaternary nitrogens is 1. The lowest BCUT2D eigenvalue weighted by Crippen LogP contribution is -2.43. The normalized spacial score (nSPS) is 12.5.